The number of rotatable bonds is 2. The molecule has 0 aromatic heterocycles. The summed E-state index contributed by atoms with van der Waals surface area (Å²) in [5, 5.41) is 7.99. The van der Waals surface area contributed by atoms with Gasteiger partial charge >= 0.3 is 0 Å². The van der Waals surface area contributed by atoms with Gasteiger partial charge in [-0.3, -0.25) is 10.2 Å². The molecule has 4 nitrogen and oxygen atoms in total. The van der Waals surface area contributed by atoms with Crippen LogP contribution in [0.3, 0.4) is 0 Å². The fourth-order valence-electron chi connectivity index (χ4n) is 0.164. The van der Waals surface area contributed by atoms with Crippen LogP contribution in [-0.4, -0.2) is 17.7 Å². The number of carbonyl (C=O) groups is 1. The van der Waals surface area contributed by atoms with Crippen molar-refractivity contribution in [2.24, 2.45) is 0 Å². The molecule has 0 aromatic carbocycles. The number of nitrogens with one attached hydrogen (secondary N) is 2. The Hall–Kier alpha value is -0.610. The first-order chi connectivity index (χ1) is 3.27. The largest absolute Gasteiger partial charge is 0.380 e. The Morgan fingerprint density at radius 1 is 1.86 bits per heavy atom. The number of hydrazine groups is 1. The second-order valence-corrected chi connectivity index (χ2v) is 1.02. The molecule has 0 aliphatic carbocycles. The van der Waals surface area contributed by atoms with Crippen LogP contribution in [0.25, 0.3) is 0 Å². The standard InChI is InChI=1S/C3H8N2O2/c1-3(7)5-4-2-6/h4,6H,2H2,1H3,(H,5,7). The Morgan fingerprint density at radius 3 is 2.57 bits per heavy atom. The van der Waals surface area contributed by atoms with E-state index in [2.05, 4.69) is 10.9 Å². The molecule has 0 saturated heterocycles. The summed E-state index contributed by atoms with van der Waals surface area (Å²) in [4.78, 5) is 9.92. The summed E-state index contributed by atoms with van der Waals surface area (Å²) in [6, 6.07) is 0. The Morgan fingerprint density at radius 2 is 2.43 bits per heavy atom. The highest BCUT2D eigenvalue weighted by molar-refractivity contribution is 5.72. The van der Waals surface area contributed by atoms with Crippen LogP contribution in [0, 0.1) is 0 Å². The monoisotopic (exact) mass is 104 g/mol. The lowest BCUT2D eigenvalue weighted by atomic mass is 10.8. The molecule has 0 unspecified atom stereocenters. The van der Waals surface area contributed by atoms with Gasteiger partial charge in [-0.05, 0) is 0 Å². The zero-order valence-corrected chi connectivity index (χ0v) is 4.06. The zero-order chi connectivity index (χ0) is 5.70. The first-order valence-electron chi connectivity index (χ1n) is 1.87. The van der Waals surface area contributed by atoms with E-state index < -0.39 is 0 Å². The number of aliphatic hydroxyl groups excluding tert-OH is 1. The van der Waals surface area contributed by atoms with Crippen molar-refractivity contribution in [1.82, 2.24) is 10.9 Å². The Balaban J connectivity index is 2.82. The minimum absolute atomic E-state index is 0.214. The van der Waals surface area contributed by atoms with Gasteiger partial charge in [0.25, 0.3) is 0 Å². The molecule has 7 heavy (non-hydrogen) atoms. The topological polar surface area (TPSA) is 61.4 Å². The molecule has 42 valence electrons. The average Bonchev–Trinajstić information content (AvgIpc) is 1.61. The first kappa shape index (κ1) is 6.39. The van der Waals surface area contributed by atoms with Gasteiger partial charge in [0.1, 0.15) is 6.73 Å². The molecule has 3 N–H and O–H groups in total. The van der Waals surface area contributed by atoms with Crippen molar-refractivity contribution in [1.29, 1.82) is 0 Å². The van der Waals surface area contributed by atoms with Crippen molar-refractivity contribution in [3.63, 3.8) is 0 Å². The predicted octanol–water partition coefficient (Wildman–Crippen LogP) is -1.42. The minimum Gasteiger partial charge on any atom is -0.380 e. The second kappa shape index (κ2) is 3.58. The van der Waals surface area contributed by atoms with Crippen LogP contribution in [0.4, 0.5) is 0 Å². The van der Waals surface area contributed by atoms with Crippen LogP contribution in [0.2, 0.25) is 0 Å². The third kappa shape index (κ3) is 5.39. The van der Waals surface area contributed by atoms with Gasteiger partial charge in [-0.1, -0.05) is 0 Å². The first-order valence-corrected chi connectivity index (χ1v) is 1.87. The summed E-state index contributed by atoms with van der Waals surface area (Å²) in [5.41, 5.74) is 4.36. The summed E-state index contributed by atoms with van der Waals surface area (Å²) in [6.07, 6.45) is 0. The van der Waals surface area contributed by atoms with Gasteiger partial charge < -0.3 is 5.11 Å². The van der Waals surface area contributed by atoms with Crippen molar-refractivity contribution < 1.29 is 9.90 Å². The van der Waals surface area contributed by atoms with Gasteiger partial charge in [-0.25, -0.2) is 5.43 Å². The van der Waals surface area contributed by atoms with Crippen molar-refractivity contribution in [3.05, 3.63) is 0 Å². The Bertz CT molecular complexity index is 64.0. The molecule has 0 saturated carbocycles. The van der Waals surface area contributed by atoms with Crippen LogP contribution in [0.15, 0.2) is 0 Å². The predicted molar refractivity (Wildman–Crippen MR) is 24.0 cm³/mol. The molecular formula is C3H8N2O2. The SMILES string of the molecule is CC(=O)NNCO. The molecule has 0 fully saturated rings. The quantitative estimate of drug-likeness (QED) is 0.297. The average molecular weight is 104 g/mol. The minimum atomic E-state index is -0.237. The van der Waals surface area contributed by atoms with Gasteiger partial charge in [0, 0.05) is 6.92 Å². The number of amides is 1. The van der Waals surface area contributed by atoms with Crippen LogP contribution >= 0.6 is 0 Å². The molecule has 0 aliphatic rings. The molecule has 0 radical (unpaired) electrons. The maximum absolute atomic E-state index is 9.92. The third-order valence-corrected chi connectivity index (χ3v) is 0.343. The maximum atomic E-state index is 9.92. The van der Waals surface area contributed by atoms with Crippen LogP contribution < -0.4 is 10.9 Å². The van der Waals surface area contributed by atoms with E-state index >= 15 is 0 Å². The van der Waals surface area contributed by atoms with Crippen molar-refractivity contribution in [2.45, 2.75) is 6.92 Å². The molecule has 1 amide bonds. The summed E-state index contributed by atoms with van der Waals surface area (Å²) in [7, 11) is 0. The highest BCUT2D eigenvalue weighted by Gasteiger charge is 1.81. The number of carbonyl (C=O) groups excluding carboxylic acids is 1. The number of aliphatic hydroxyl groups is 1. The van der Waals surface area contributed by atoms with E-state index in [1.54, 1.807) is 0 Å². The maximum Gasteiger partial charge on any atom is 0.231 e. The van der Waals surface area contributed by atoms with E-state index in [0.29, 0.717) is 0 Å². The Labute approximate surface area is 41.5 Å². The zero-order valence-electron chi connectivity index (χ0n) is 4.06. The molecule has 0 atom stereocenters. The van der Waals surface area contributed by atoms with E-state index in [1.165, 1.54) is 6.92 Å². The fourth-order valence-corrected chi connectivity index (χ4v) is 0.164. The van der Waals surface area contributed by atoms with Gasteiger partial charge in [-0.15, -0.1) is 0 Å². The van der Waals surface area contributed by atoms with Crippen molar-refractivity contribution >= 4 is 5.91 Å². The Kier molecular flexibility index (Phi) is 3.26. The van der Waals surface area contributed by atoms with Crippen molar-refractivity contribution in [2.75, 3.05) is 6.73 Å². The summed E-state index contributed by atoms with van der Waals surface area (Å²) in [5.74, 6) is -0.214. The van der Waals surface area contributed by atoms with Gasteiger partial charge in [-0.2, -0.15) is 0 Å². The van der Waals surface area contributed by atoms with Crippen LogP contribution in [-0.2, 0) is 4.79 Å². The van der Waals surface area contributed by atoms with Crippen LogP contribution in [0.5, 0.6) is 0 Å². The lowest BCUT2D eigenvalue weighted by molar-refractivity contribution is -0.120. The van der Waals surface area contributed by atoms with E-state index in [0.717, 1.165) is 0 Å². The number of hydrogen-bond acceptors (Lipinski definition) is 3. The van der Waals surface area contributed by atoms with Crippen LogP contribution in [0.1, 0.15) is 6.92 Å². The lowest BCUT2D eigenvalue weighted by Gasteiger charge is -1.96. The normalized spacial score (nSPS) is 8.29. The second-order valence-electron chi connectivity index (χ2n) is 1.02. The molecule has 0 rings (SSSR count). The van der Waals surface area contributed by atoms with Crippen molar-refractivity contribution in [3.8, 4) is 0 Å². The van der Waals surface area contributed by atoms with Gasteiger partial charge in [0.15, 0.2) is 0 Å². The summed E-state index contributed by atoms with van der Waals surface area (Å²) < 4.78 is 0. The molecule has 0 aliphatic heterocycles. The third-order valence-electron chi connectivity index (χ3n) is 0.343. The van der Waals surface area contributed by atoms with E-state index in [1.807, 2.05) is 0 Å². The molecule has 4 heteroatoms. The smallest absolute Gasteiger partial charge is 0.231 e. The van der Waals surface area contributed by atoms with Gasteiger partial charge in [0.05, 0.1) is 0 Å². The summed E-state index contributed by atoms with van der Waals surface area (Å²) >= 11 is 0. The summed E-state index contributed by atoms with van der Waals surface area (Å²) in [6.45, 7) is 1.11. The number of hydrogen-bond donors (Lipinski definition) is 3. The molecule has 0 heterocycles. The van der Waals surface area contributed by atoms with E-state index in [9.17, 15) is 4.79 Å². The molecule has 0 aromatic rings. The fraction of sp³-hybridized carbons (Fsp3) is 0.667. The highest BCUT2D eigenvalue weighted by atomic mass is 16.3. The molecule has 0 spiro atoms. The van der Waals surface area contributed by atoms with E-state index in [4.69, 9.17) is 5.11 Å². The molecule has 0 bridgehead atoms. The molecular weight excluding hydrogens is 96.0 g/mol. The highest BCUT2D eigenvalue weighted by Crippen LogP contribution is 1.48. The van der Waals surface area contributed by atoms with E-state index in [-0.39, 0.29) is 12.6 Å². The lowest BCUT2D eigenvalue weighted by Crippen LogP contribution is -2.35. The van der Waals surface area contributed by atoms with Gasteiger partial charge in [0.2, 0.25) is 5.91 Å².